The van der Waals surface area contributed by atoms with Crippen molar-refractivity contribution in [2.45, 2.75) is 52.2 Å². The molecule has 2 aromatic carbocycles. The van der Waals surface area contributed by atoms with Gasteiger partial charge in [-0.3, -0.25) is 4.98 Å². The van der Waals surface area contributed by atoms with Crippen molar-refractivity contribution >= 4 is 33.6 Å². The summed E-state index contributed by atoms with van der Waals surface area (Å²) in [6.45, 7) is 10.2. The number of benzene rings is 2. The van der Waals surface area contributed by atoms with Gasteiger partial charge >= 0.3 is 5.97 Å². The van der Waals surface area contributed by atoms with E-state index in [-0.39, 0.29) is 0 Å². The van der Waals surface area contributed by atoms with E-state index in [1.54, 1.807) is 0 Å². The van der Waals surface area contributed by atoms with Gasteiger partial charge in [0.05, 0.1) is 23.2 Å². The van der Waals surface area contributed by atoms with Gasteiger partial charge in [-0.25, -0.2) is 9.78 Å². The van der Waals surface area contributed by atoms with E-state index < -0.39 is 17.7 Å². The van der Waals surface area contributed by atoms with Crippen LogP contribution in [0.25, 0.3) is 32.9 Å². The predicted octanol–water partition coefficient (Wildman–Crippen LogP) is 5.84. The second-order valence-corrected chi connectivity index (χ2v) is 10.9. The third-order valence-corrected chi connectivity index (χ3v) is 7.20. The number of carbonyl (C=O) groups is 1. The number of rotatable bonds is 5. The molecule has 1 N–H and O–H groups in total. The maximum absolute atomic E-state index is 12.7. The quantitative estimate of drug-likeness (QED) is 0.370. The molecule has 37 heavy (non-hydrogen) atoms. The summed E-state index contributed by atoms with van der Waals surface area (Å²) in [4.78, 5) is 24.7. The Bertz CT molecular complexity index is 1540. The van der Waals surface area contributed by atoms with Crippen molar-refractivity contribution in [3.63, 3.8) is 0 Å². The number of pyridine rings is 2. The van der Waals surface area contributed by atoms with Gasteiger partial charge in [-0.05, 0) is 87.2 Å². The van der Waals surface area contributed by atoms with Crippen LogP contribution in [0, 0.1) is 6.92 Å². The summed E-state index contributed by atoms with van der Waals surface area (Å²) < 4.78 is 12.1. The molecule has 1 saturated heterocycles. The summed E-state index contributed by atoms with van der Waals surface area (Å²) in [7, 11) is 0. The molecule has 1 fully saturated rings. The van der Waals surface area contributed by atoms with Crippen molar-refractivity contribution in [3.05, 3.63) is 59.3 Å². The van der Waals surface area contributed by atoms with E-state index in [1.807, 2.05) is 64.2 Å². The van der Waals surface area contributed by atoms with Crippen molar-refractivity contribution in [2.75, 3.05) is 24.6 Å². The molecule has 2 aliphatic rings. The maximum Gasteiger partial charge on any atom is 0.337 e. The lowest BCUT2D eigenvalue weighted by molar-refractivity contribution is -0.160. The van der Waals surface area contributed by atoms with E-state index in [1.165, 1.54) is 12.0 Å². The van der Waals surface area contributed by atoms with Gasteiger partial charge in [-0.1, -0.05) is 0 Å². The Labute approximate surface area is 216 Å². The van der Waals surface area contributed by atoms with Crippen molar-refractivity contribution in [2.24, 2.45) is 0 Å². The zero-order valence-corrected chi connectivity index (χ0v) is 21.7. The number of anilines is 1. The fraction of sp³-hybridized carbons (Fsp3) is 0.367. The van der Waals surface area contributed by atoms with E-state index in [2.05, 4.69) is 11.0 Å². The lowest BCUT2D eigenvalue weighted by Gasteiger charge is -2.32. The molecule has 0 radical (unpaired) electrons. The molecule has 190 valence electrons. The molecule has 2 aliphatic heterocycles. The van der Waals surface area contributed by atoms with E-state index in [9.17, 15) is 9.90 Å². The highest BCUT2D eigenvalue weighted by Crippen LogP contribution is 2.45. The minimum absolute atomic E-state index is 0.632. The van der Waals surface area contributed by atoms with E-state index in [0.29, 0.717) is 12.2 Å². The summed E-state index contributed by atoms with van der Waals surface area (Å²) in [5.74, 6) is 0.731. The van der Waals surface area contributed by atoms with Gasteiger partial charge in [0.2, 0.25) is 0 Å². The highest BCUT2D eigenvalue weighted by atomic mass is 16.5. The summed E-state index contributed by atoms with van der Waals surface area (Å²) in [6, 6.07) is 12.1. The molecule has 4 heterocycles. The number of aromatic nitrogens is 2. The van der Waals surface area contributed by atoms with Gasteiger partial charge < -0.3 is 19.5 Å². The highest BCUT2D eigenvalue weighted by Gasteiger charge is 2.33. The number of aliphatic carboxylic acids is 1. The fourth-order valence-electron chi connectivity index (χ4n) is 5.45. The van der Waals surface area contributed by atoms with E-state index in [4.69, 9.17) is 19.4 Å². The number of aryl methyl sites for hydroxylation is 1. The van der Waals surface area contributed by atoms with E-state index in [0.717, 1.165) is 69.6 Å². The van der Waals surface area contributed by atoms with Crippen LogP contribution in [0.5, 0.6) is 5.75 Å². The number of hydrogen-bond acceptors (Lipinski definition) is 6. The Kier molecular flexibility index (Phi) is 5.57. The van der Waals surface area contributed by atoms with Crippen LogP contribution in [-0.2, 0) is 16.0 Å². The Balaban J connectivity index is 1.69. The van der Waals surface area contributed by atoms with Crippen molar-refractivity contribution in [3.8, 4) is 16.9 Å². The SMILES string of the molecule is Cc1cc2nc(N3CCC3)ccc2c(-c2ccc3c4c(ccnc24)CCO3)c1C(OC(C)(C)C)C(=O)O. The minimum atomic E-state index is -1.16. The second kappa shape index (κ2) is 8.70. The van der Waals surface area contributed by atoms with Crippen LogP contribution in [0.1, 0.15) is 50.0 Å². The van der Waals surface area contributed by atoms with Gasteiger partial charge in [0.25, 0.3) is 0 Å². The normalized spacial score (nSPS) is 15.9. The topological polar surface area (TPSA) is 84.8 Å². The smallest absolute Gasteiger partial charge is 0.337 e. The van der Waals surface area contributed by atoms with Crippen LogP contribution in [0.2, 0.25) is 0 Å². The van der Waals surface area contributed by atoms with Gasteiger partial charge in [-0.2, -0.15) is 0 Å². The number of fused-ring (bicyclic) bond motifs is 1. The average Bonchev–Trinajstić information content (AvgIpc) is 2.81. The first-order valence-electron chi connectivity index (χ1n) is 12.8. The van der Waals surface area contributed by atoms with Crippen LogP contribution in [-0.4, -0.2) is 46.3 Å². The van der Waals surface area contributed by atoms with Gasteiger partial charge in [0.15, 0.2) is 6.10 Å². The first-order valence-corrected chi connectivity index (χ1v) is 12.8. The highest BCUT2D eigenvalue weighted by molar-refractivity contribution is 6.08. The average molecular weight is 498 g/mol. The Hall–Kier alpha value is -3.71. The summed E-state index contributed by atoms with van der Waals surface area (Å²) in [6.07, 6.45) is 2.65. The lowest BCUT2D eigenvalue weighted by atomic mass is 9.86. The molecular formula is C30H31N3O4. The maximum atomic E-state index is 12.7. The van der Waals surface area contributed by atoms with Crippen LogP contribution in [0.15, 0.2) is 42.6 Å². The molecule has 0 saturated carbocycles. The second-order valence-electron chi connectivity index (χ2n) is 10.9. The Morgan fingerprint density at radius 3 is 2.68 bits per heavy atom. The Morgan fingerprint density at radius 1 is 1.16 bits per heavy atom. The van der Waals surface area contributed by atoms with Gasteiger partial charge in [0, 0.05) is 47.6 Å². The molecule has 1 unspecified atom stereocenters. The Morgan fingerprint density at radius 2 is 1.97 bits per heavy atom. The molecule has 6 rings (SSSR count). The third-order valence-electron chi connectivity index (χ3n) is 7.20. The number of ether oxygens (including phenoxy) is 2. The molecule has 0 spiro atoms. The molecule has 0 amide bonds. The summed E-state index contributed by atoms with van der Waals surface area (Å²) >= 11 is 0. The number of carboxylic acid groups (broad SMARTS) is 1. The first-order chi connectivity index (χ1) is 17.7. The largest absolute Gasteiger partial charge is 0.493 e. The zero-order valence-electron chi connectivity index (χ0n) is 21.7. The third kappa shape index (κ3) is 4.07. The first kappa shape index (κ1) is 23.7. The molecule has 4 aromatic rings. The molecule has 1 atom stereocenters. The number of hydrogen-bond donors (Lipinski definition) is 1. The number of nitrogens with zero attached hydrogens (tertiary/aromatic N) is 3. The standard InChI is InChI=1S/C30H31N3O4/c1-17-16-21-19(7-9-23(32-21)33-13-5-14-33)26(24(17)28(29(34)35)37-30(2,3)4)20-6-8-22-25-18(11-15-36-22)10-12-31-27(20)25/h6-10,12,16,28H,5,11,13-15H2,1-4H3,(H,34,35). The zero-order chi connectivity index (χ0) is 25.9. The monoisotopic (exact) mass is 497 g/mol. The fourth-order valence-corrected chi connectivity index (χ4v) is 5.45. The summed E-state index contributed by atoms with van der Waals surface area (Å²) in [5, 5.41) is 12.2. The number of carboxylic acids is 1. The van der Waals surface area contributed by atoms with Crippen LogP contribution in [0.4, 0.5) is 5.82 Å². The van der Waals surface area contributed by atoms with Gasteiger partial charge in [-0.15, -0.1) is 0 Å². The molecule has 7 heteroatoms. The molecule has 0 aliphatic carbocycles. The lowest BCUT2D eigenvalue weighted by Crippen LogP contribution is -2.37. The van der Waals surface area contributed by atoms with Crippen LogP contribution >= 0.6 is 0 Å². The van der Waals surface area contributed by atoms with Crippen molar-refractivity contribution in [1.82, 2.24) is 9.97 Å². The van der Waals surface area contributed by atoms with Crippen LogP contribution < -0.4 is 9.64 Å². The molecule has 7 nitrogen and oxygen atoms in total. The van der Waals surface area contributed by atoms with Crippen molar-refractivity contribution < 1.29 is 19.4 Å². The molecule has 2 aromatic heterocycles. The van der Waals surface area contributed by atoms with Gasteiger partial charge in [0.1, 0.15) is 11.6 Å². The summed E-state index contributed by atoms with van der Waals surface area (Å²) in [5.41, 5.74) is 5.27. The predicted molar refractivity (Wildman–Crippen MR) is 144 cm³/mol. The van der Waals surface area contributed by atoms with E-state index >= 15 is 0 Å². The molecular weight excluding hydrogens is 466 g/mol. The molecule has 0 bridgehead atoms. The minimum Gasteiger partial charge on any atom is -0.493 e. The van der Waals surface area contributed by atoms with Crippen LogP contribution in [0.3, 0.4) is 0 Å². The van der Waals surface area contributed by atoms with Crippen molar-refractivity contribution in [1.29, 1.82) is 0 Å².